The van der Waals surface area contributed by atoms with Crippen LogP contribution in [-0.2, 0) is 42.2 Å². The molecule has 0 saturated carbocycles. The number of carbonyl (C=O) groups is 1. The van der Waals surface area contributed by atoms with Crippen molar-refractivity contribution in [2.45, 2.75) is 245 Å². The number of esters is 1. The van der Waals surface area contributed by atoms with E-state index in [2.05, 4.69) is 36.3 Å². The average Bonchev–Trinajstić information content (AvgIpc) is 3.24. The smallest absolute Gasteiger partial charge is 0.306 e. The van der Waals surface area contributed by atoms with Crippen LogP contribution in [0.1, 0.15) is 239 Å². The van der Waals surface area contributed by atoms with Crippen molar-refractivity contribution < 1.29 is 52.5 Å². The number of rotatable bonds is 44. The van der Waals surface area contributed by atoms with E-state index in [0.29, 0.717) is 30.9 Å². The van der Waals surface area contributed by atoms with Gasteiger partial charge in [-0.3, -0.25) is 14.4 Å². The predicted octanol–water partition coefficient (Wildman–Crippen LogP) is 12.2. The molecule has 1 aromatic carbocycles. The van der Waals surface area contributed by atoms with Crippen molar-refractivity contribution in [3.05, 3.63) is 20.4 Å². The third-order valence-electron chi connectivity index (χ3n) is 11.7. The van der Waals surface area contributed by atoms with Crippen LogP contribution in [0.4, 0.5) is 11.4 Å². The summed E-state index contributed by atoms with van der Waals surface area (Å²) in [5.74, 6) is 0.0107. The molecular formula is C50H97N3O6Y. The monoisotopic (exact) mass is 925 g/mol. The summed E-state index contributed by atoms with van der Waals surface area (Å²) in [6.07, 6.45) is 40.0. The van der Waals surface area contributed by atoms with Crippen LogP contribution in [0, 0.1) is 0 Å². The van der Waals surface area contributed by atoms with Crippen LogP contribution >= 0.6 is 0 Å². The quantitative estimate of drug-likeness (QED) is 0.0287. The summed E-state index contributed by atoms with van der Waals surface area (Å²) in [5.41, 5.74) is -0.0000152. The Balaban J connectivity index is 0. The number of ether oxygens (including phenoxy) is 1. The molecule has 9 nitrogen and oxygen atoms in total. The van der Waals surface area contributed by atoms with Crippen LogP contribution in [-0.4, -0.2) is 73.6 Å². The van der Waals surface area contributed by atoms with Crippen molar-refractivity contribution in [3.63, 3.8) is 0 Å². The van der Waals surface area contributed by atoms with Gasteiger partial charge < -0.3 is 30.5 Å². The van der Waals surface area contributed by atoms with Crippen LogP contribution in [0.15, 0.2) is 9.59 Å². The Morgan fingerprint density at radius 1 is 0.517 bits per heavy atom. The number of nitrogens with one attached hydrogen (secondary N) is 2. The van der Waals surface area contributed by atoms with E-state index in [1.165, 1.54) is 135 Å². The first-order chi connectivity index (χ1) is 28.9. The van der Waals surface area contributed by atoms with Gasteiger partial charge in [0, 0.05) is 65.9 Å². The summed E-state index contributed by atoms with van der Waals surface area (Å²) >= 11 is 0. The van der Waals surface area contributed by atoms with Crippen LogP contribution in [0.25, 0.3) is 0 Å². The van der Waals surface area contributed by atoms with Crippen molar-refractivity contribution in [2.24, 2.45) is 0 Å². The van der Waals surface area contributed by atoms with Crippen molar-refractivity contribution in [3.8, 4) is 0 Å². The first kappa shape index (κ1) is 61.2. The third kappa shape index (κ3) is 36.6. The van der Waals surface area contributed by atoms with E-state index in [1.54, 1.807) is 7.05 Å². The topological polar surface area (TPSA) is 128 Å². The maximum Gasteiger partial charge on any atom is 0.306 e. The molecule has 0 saturated heterocycles. The molecule has 60 heavy (non-hydrogen) atoms. The minimum atomic E-state index is -0.427. The number of aliphatic hydroxyl groups is 2. The van der Waals surface area contributed by atoms with Crippen molar-refractivity contribution >= 4 is 17.3 Å². The second-order valence-electron chi connectivity index (χ2n) is 17.2. The van der Waals surface area contributed by atoms with Gasteiger partial charge in [0.25, 0.3) is 10.9 Å². The number of aliphatic hydroxyl groups excluding tert-OH is 2. The Morgan fingerprint density at radius 2 is 0.883 bits per heavy atom. The zero-order valence-corrected chi connectivity index (χ0v) is 42.8. The average molecular weight is 925 g/mol. The van der Waals surface area contributed by atoms with E-state index in [0.717, 1.165) is 96.7 Å². The second-order valence-corrected chi connectivity index (χ2v) is 17.2. The second kappa shape index (κ2) is 47.6. The van der Waals surface area contributed by atoms with Gasteiger partial charge in [-0.2, -0.15) is 0 Å². The molecule has 0 aliphatic heterocycles. The number of hydrogen-bond donors (Lipinski definition) is 4. The first-order valence-electron chi connectivity index (χ1n) is 25.3. The van der Waals surface area contributed by atoms with Crippen LogP contribution in [0.5, 0.6) is 0 Å². The molecule has 0 unspecified atom stereocenters. The van der Waals surface area contributed by atoms with E-state index in [4.69, 9.17) is 14.9 Å². The largest absolute Gasteiger partial charge is 0.462 e. The number of hydrogen-bond acceptors (Lipinski definition) is 9. The minimum Gasteiger partial charge on any atom is -0.462 e. The maximum atomic E-state index is 12.7. The fourth-order valence-corrected chi connectivity index (χ4v) is 7.80. The Kier molecular flexibility index (Phi) is 48.6. The van der Waals surface area contributed by atoms with Crippen LogP contribution in [0.3, 0.4) is 0 Å². The Bertz CT molecular complexity index is 1090. The first-order valence-corrected chi connectivity index (χ1v) is 25.3. The van der Waals surface area contributed by atoms with Gasteiger partial charge in [0.2, 0.25) is 0 Å². The summed E-state index contributed by atoms with van der Waals surface area (Å²) in [6, 6.07) is 0. The van der Waals surface area contributed by atoms with Crippen LogP contribution < -0.4 is 21.5 Å². The summed E-state index contributed by atoms with van der Waals surface area (Å²) in [4.78, 5) is 38.6. The fraction of sp³-hybridized carbons (Fsp3) is 0.900. The third-order valence-corrected chi connectivity index (χ3v) is 11.7. The van der Waals surface area contributed by atoms with E-state index in [9.17, 15) is 14.4 Å². The molecule has 4 N–H and O–H groups in total. The summed E-state index contributed by atoms with van der Waals surface area (Å²) < 4.78 is 6.03. The molecule has 0 fully saturated rings. The molecule has 0 amide bonds. The van der Waals surface area contributed by atoms with Gasteiger partial charge in [0.05, 0.1) is 0 Å². The number of unbranched alkanes of at least 4 members (excludes halogenated alkanes) is 25. The maximum absolute atomic E-state index is 12.7. The van der Waals surface area contributed by atoms with Gasteiger partial charge in [-0.1, -0.05) is 162 Å². The zero-order valence-electron chi connectivity index (χ0n) is 39.9. The van der Waals surface area contributed by atoms with Gasteiger partial charge in [-0.15, -0.1) is 0 Å². The zero-order chi connectivity index (χ0) is 43.4. The summed E-state index contributed by atoms with van der Waals surface area (Å²) in [5, 5.41) is 23.5. The summed E-state index contributed by atoms with van der Waals surface area (Å²) in [7, 11) is 1.67. The molecule has 0 aromatic heterocycles. The molecule has 1 rings (SSSR count). The van der Waals surface area contributed by atoms with Crippen molar-refractivity contribution in [2.75, 3.05) is 57.1 Å². The number of anilines is 2. The molecule has 0 heterocycles. The van der Waals surface area contributed by atoms with Gasteiger partial charge in [-0.05, 0) is 90.3 Å². The summed E-state index contributed by atoms with van der Waals surface area (Å²) in [6.45, 7) is 11.4. The molecule has 1 aromatic rings. The molecule has 0 aliphatic carbocycles. The van der Waals surface area contributed by atoms with Gasteiger partial charge in [0.1, 0.15) is 17.5 Å². The SMILES string of the molecule is CCCCCCCCC(CCCCCCCC)OC(=O)CCCCCCCN(CCCCCCO)CCCCCNc1c(NC)c(=O)c1=O.CCCCCCCCCO.[Y]. The molecule has 1 radical (unpaired) electrons. The molecular weight excluding hydrogens is 827 g/mol. The molecule has 0 aliphatic rings. The Labute approximate surface area is 395 Å². The predicted molar refractivity (Wildman–Crippen MR) is 254 cm³/mol. The van der Waals surface area contributed by atoms with E-state index < -0.39 is 10.9 Å². The molecule has 351 valence electrons. The van der Waals surface area contributed by atoms with Gasteiger partial charge in [0.15, 0.2) is 0 Å². The van der Waals surface area contributed by atoms with E-state index in [1.807, 2.05) is 0 Å². The molecule has 0 bridgehead atoms. The Morgan fingerprint density at radius 3 is 1.32 bits per heavy atom. The van der Waals surface area contributed by atoms with Crippen molar-refractivity contribution in [1.82, 2.24) is 4.90 Å². The van der Waals surface area contributed by atoms with E-state index in [-0.39, 0.29) is 51.4 Å². The van der Waals surface area contributed by atoms with E-state index >= 15 is 0 Å². The number of nitrogens with zero attached hydrogens (tertiary/aromatic N) is 1. The molecule has 10 heteroatoms. The van der Waals surface area contributed by atoms with Crippen molar-refractivity contribution in [1.29, 1.82) is 0 Å². The Hall–Kier alpha value is -0.866. The number of carbonyl (C=O) groups excluding carboxylic acids is 1. The molecule has 0 spiro atoms. The molecule has 0 atom stereocenters. The van der Waals surface area contributed by atoms with Gasteiger partial charge in [-0.25, -0.2) is 0 Å². The standard InChI is InChI=1S/C41H77N3O5.C9H20O.Y/c1-4-6-8-10-13-20-28-36(29-21-14-11-9-7-5-2)49-37(46)30-22-15-12-16-24-32-44(33-25-17-18-27-35-45)34-26-19-23-31-43-39-38(42-3)40(47)41(39)48;1-2-3-4-5-6-7-8-9-10;/h36,42-43,45H,4-35H2,1-3H3;10H,2-9H2,1H3;. The van der Waals surface area contributed by atoms with Crippen LogP contribution in [0.2, 0.25) is 0 Å². The van der Waals surface area contributed by atoms with Gasteiger partial charge >= 0.3 is 5.97 Å². The minimum absolute atomic E-state index is 0. The normalized spacial score (nSPS) is 11.2. The fourth-order valence-electron chi connectivity index (χ4n) is 7.80.